The molecule has 0 aliphatic heterocycles. The molecule has 8 heteroatoms. The number of hydrogen-bond donors (Lipinski definition) is 1. The molecule has 1 amide bonds. The van der Waals surface area contributed by atoms with Crippen molar-refractivity contribution in [2.45, 2.75) is 47.1 Å². The summed E-state index contributed by atoms with van der Waals surface area (Å²) in [5, 5.41) is 2.81. The quantitative estimate of drug-likeness (QED) is 0.620. The highest BCUT2D eigenvalue weighted by Gasteiger charge is 2.32. The van der Waals surface area contributed by atoms with Crippen LogP contribution in [-0.2, 0) is 19.6 Å². The number of esters is 1. The van der Waals surface area contributed by atoms with Crippen LogP contribution >= 0.6 is 0 Å². The third-order valence-electron chi connectivity index (χ3n) is 5.07. The second kappa shape index (κ2) is 9.96. The molecule has 1 N–H and O–H groups in total. The summed E-state index contributed by atoms with van der Waals surface area (Å²) in [7, 11) is -3.72. The van der Waals surface area contributed by atoms with Gasteiger partial charge >= 0.3 is 5.97 Å². The van der Waals surface area contributed by atoms with E-state index in [2.05, 4.69) is 5.32 Å². The van der Waals surface area contributed by atoms with Crippen molar-refractivity contribution in [1.29, 1.82) is 0 Å². The predicted molar refractivity (Wildman–Crippen MR) is 123 cm³/mol. The molecule has 7 nitrogen and oxygen atoms in total. The van der Waals surface area contributed by atoms with Crippen LogP contribution in [0.5, 0.6) is 0 Å². The Morgan fingerprint density at radius 2 is 1.68 bits per heavy atom. The minimum absolute atomic E-state index is 0.272. The van der Waals surface area contributed by atoms with Crippen molar-refractivity contribution >= 4 is 33.3 Å². The molecule has 0 heterocycles. The largest absolute Gasteiger partial charge is 0.462 e. The van der Waals surface area contributed by atoms with Crippen LogP contribution in [0, 0.1) is 20.8 Å². The molecule has 0 saturated carbocycles. The number of rotatable bonds is 8. The molecule has 2 rings (SSSR count). The first-order valence-corrected chi connectivity index (χ1v) is 12.0. The van der Waals surface area contributed by atoms with E-state index >= 15 is 0 Å². The number of nitrogens with one attached hydrogen (secondary N) is 1. The fourth-order valence-corrected chi connectivity index (χ4v) is 4.49. The molecule has 0 fully saturated rings. The Morgan fingerprint density at radius 3 is 2.19 bits per heavy atom. The van der Waals surface area contributed by atoms with Gasteiger partial charge < -0.3 is 10.1 Å². The third kappa shape index (κ3) is 5.85. The molecule has 0 radical (unpaired) electrons. The van der Waals surface area contributed by atoms with Gasteiger partial charge in [-0.2, -0.15) is 0 Å². The molecule has 168 valence electrons. The molecule has 0 saturated heterocycles. The van der Waals surface area contributed by atoms with E-state index in [0.29, 0.717) is 22.5 Å². The van der Waals surface area contributed by atoms with Crippen molar-refractivity contribution in [2.24, 2.45) is 0 Å². The minimum Gasteiger partial charge on any atom is -0.462 e. The van der Waals surface area contributed by atoms with Crippen LogP contribution in [0.2, 0.25) is 0 Å². The number of carbonyl (C=O) groups excluding carboxylic acids is 2. The highest BCUT2D eigenvalue weighted by molar-refractivity contribution is 7.92. The summed E-state index contributed by atoms with van der Waals surface area (Å²) < 4.78 is 31.4. The lowest BCUT2D eigenvalue weighted by atomic mass is 10.1. The number of benzene rings is 2. The number of sulfonamides is 1. The van der Waals surface area contributed by atoms with E-state index < -0.39 is 27.9 Å². The van der Waals surface area contributed by atoms with Gasteiger partial charge in [0.2, 0.25) is 15.9 Å². The van der Waals surface area contributed by atoms with Gasteiger partial charge in [-0.15, -0.1) is 0 Å². The maximum Gasteiger partial charge on any atom is 0.338 e. The summed E-state index contributed by atoms with van der Waals surface area (Å²) in [6.07, 6.45) is 1.38. The number of hydrogen-bond acceptors (Lipinski definition) is 5. The van der Waals surface area contributed by atoms with Gasteiger partial charge in [0.15, 0.2) is 0 Å². The van der Waals surface area contributed by atoms with Gasteiger partial charge in [0.05, 0.1) is 24.1 Å². The van der Waals surface area contributed by atoms with Crippen molar-refractivity contribution in [3.63, 3.8) is 0 Å². The molecule has 1 atom stereocenters. The van der Waals surface area contributed by atoms with E-state index in [4.69, 9.17) is 4.74 Å². The summed E-state index contributed by atoms with van der Waals surface area (Å²) in [5.41, 5.74) is 3.98. The SMILES string of the molecule is CCOC(=O)c1ccc(NC(=O)[C@@H](CC)N(c2ccc(C)c(C)c2)S(C)(=O)=O)c(C)c1. The molecule has 0 unspecified atom stereocenters. The normalized spacial score (nSPS) is 12.2. The van der Waals surface area contributed by atoms with Crippen LogP contribution in [0.3, 0.4) is 0 Å². The van der Waals surface area contributed by atoms with E-state index in [9.17, 15) is 18.0 Å². The zero-order valence-electron chi connectivity index (χ0n) is 18.9. The first-order valence-electron chi connectivity index (χ1n) is 10.1. The maximum atomic E-state index is 13.1. The van der Waals surface area contributed by atoms with Crippen LogP contribution in [0.15, 0.2) is 36.4 Å². The van der Waals surface area contributed by atoms with Gasteiger partial charge in [-0.25, -0.2) is 13.2 Å². The first kappa shape index (κ1) is 24.4. The van der Waals surface area contributed by atoms with E-state index in [1.807, 2.05) is 19.9 Å². The second-order valence-corrected chi connectivity index (χ2v) is 9.35. The number of nitrogens with zero attached hydrogens (tertiary/aromatic N) is 1. The van der Waals surface area contributed by atoms with E-state index in [-0.39, 0.29) is 13.0 Å². The molecule has 0 aromatic heterocycles. The van der Waals surface area contributed by atoms with Crippen molar-refractivity contribution in [2.75, 3.05) is 22.5 Å². The van der Waals surface area contributed by atoms with Crippen LogP contribution in [-0.4, -0.2) is 39.2 Å². The molecule has 0 aliphatic rings. The third-order valence-corrected chi connectivity index (χ3v) is 6.25. The monoisotopic (exact) mass is 446 g/mol. The summed E-state index contributed by atoms with van der Waals surface area (Å²) >= 11 is 0. The maximum absolute atomic E-state index is 13.1. The average Bonchev–Trinajstić information content (AvgIpc) is 2.69. The first-order chi connectivity index (χ1) is 14.5. The Kier molecular flexibility index (Phi) is 7.84. The number of anilines is 2. The van der Waals surface area contributed by atoms with Crippen LogP contribution in [0.4, 0.5) is 11.4 Å². The summed E-state index contributed by atoms with van der Waals surface area (Å²) in [5.74, 6) is -0.883. The van der Waals surface area contributed by atoms with Crippen molar-refractivity contribution < 1.29 is 22.7 Å². The topological polar surface area (TPSA) is 92.8 Å². The molecule has 2 aromatic carbocycles. The number of ether oxygens (including phenoxy) is 1. The highest BCUT2D eigenvalue weighted by Crippen LogP contribution is 2.26. The summed E-state index contributed by atoms with van der Waals surface area (Å²) in [6.45, 7) is 9.37. The summed E-state index contributed by atoms with van der Waals surface area (Å²) in [4.78, 5) is 25.0. The zero-order chi connectivity index (χ0) is 23.3. The fraction of sp³-hybridized carbons (Fsp3) is 0.391. The van der Waals surface area contributed by atoms with Gasteiger partial charge in [-0.3, -0.25) is 9.10 Å². The zero-order valence-corrected chi connectivity index (χ0v) is 19.7. The van der Waals surface area contributed by atoms with E-state index in [0.717, 1.165) is 21.7 Å². The molecule has 0 spiro atoms. The Balaban J connectivity index is 2.36. The Labute approximate surface area is 184 Å². The highest BCUT2D eigenvalue weighted by atomic mass is 32.2. The van der Waals surface area contributed by atoms with Crippen LogP contribution in [0.1, 0.15) is 47.3 Å². The van der Waals surface area contributed by atoms with Crippen molar-refractivity contribution in [3.8, 4) is 0 Å². The molecule has 31 heavy (non-hydrogen) atoms. The van der Waals surface area contributed by atoms with Gasteiger partial charge in [0, 0.05) is 5.69 Å². The number of carbonyl (C=O) groups is 2. The van der Waals surface area contributed by atoms with Gasteiger partial charge in [0.1, 0.15) is 6.04 Å². The molecule has 0 aliphatic carbocycles. The lowest BCUT2D eigenvalue weighted by molar-refractivity contribution is -0.117. The standard InChI is InChI=1S/C23H30N2O5S/c1-7-21(25(31(6,28)29)19-11-9-15(3)16(4)14-19)22(26)24-20-12-10-18(13-17(20)5)23(27)30-8-2/h9-14,21H,7-8H2,1-6H3,(H,24,26)/t21-/m1/s1. The number of aryl methyl sites for hydroxylation is 3. The number of amides is 1. The molecule has 0 bridgehead atoms. The Morgan fingerprint density at radius 1 is 1.00 bits per heavy atom. The van der Waals surface area contributed by atoms with Crippen molar-refractivity contribution in [3.05, 3.63) is 58.7 Å². The fourth-order valence-electron chi connectivity index (χ4n) is 3.28. The summed E-state index contributed by atoms with van der Waals surface area (Å²) in [6, 6.07) is 9.20. The molecular weight excluding hydrogens is 416 g/mol. The van der Waals surface area contributed by atoms with Gasteiger partial charge in [-0.05, 0) is 81.1 Å². The van der Waals surface area contributed by atoms with Gasteiger partial charge in [-0.1, -0.05) is 13.0 Å². The van der Waals surface area contributed by atoms with Crippen LogP contribution < -0.4 is 9.62 Å². The minimum atomic E-state index is -3.72. The Bertz CT molecular complexity index is 1080. The van der Waals surface area contributed by atoms with E-state index in [1.165, 1.54) is 0 Å². The molecule has 2 aromatic rings. The second-order valence-electron chi connectivity index (χ2n) is 7.49. The van der Waals surface area contributed by atoms with Crippen LogP contribution in [0.25, 0.3) is 0 Å². The lowest BCUT2D eigenvalue weighted by Crippen LogP contribution is -2.47. The van der Waals surface area contributed by atoms with Crippen molar-refractivity contribution in [1.82, 2.24) is 0 Å². The predicted octanol–water partition coefficient (Wildman–Crippen LogP) is 3.97. The Hall–Kier alpha value is -2.87. The average molecular weight is 447 g/mol. The molecular formula is C23H30N2O5S. The van der Waals surface area contributed by atoms with Gasteiger partial charge in [0.25, 0.3) is 0 Å². The lowest BCUT2D eigenvalue weighted by Gasteiger charge is -2.30. The smallest absolute Gasteiger partial charge is 0.338 e. The van der Waals surface area contributed by atoms with E-state index in [1.54, 1.807) is 51.1 Å².